The van der Waals surface area contributed by atoms with E-state index in [0.29, 0.717) is 11.3 Å². The molecule has 17 heavy (non-hydrogen) atoms. The SMILES string of the molecule is NN1CN(c2nn[nH]n2)C(=O)c2ccccc21. The number of hydrogen-bond donors (Lipinski definition) is 2. The Hall–Kier alpha value is -2.48. The number of anilines is 2. The number of hydrogen-bond acceptors (Lipinski definition) is 6. The van der Waals surface area contributed by atoms with Crippen molar-refractivity contribution in [1.29, 1.82) is 0 Å². The topological polar surface area (TPSA) is 104 Å². The molecule has 3 N–H and O–H groups in total. The van der Waals surface area contributed by atoms with Gasteiger partial charge in [-0.1, -0.05) is 17.2 Å². The van der Waals surface area contributed by atoms with Gasteiger partial charge < -0.3 is 0 Å². The number of nitrogens with zero attached hydrogens (tertiary/aromatic N) is 5. The van der Waals surface area contributed by atoms with Gasteiger partial charge in [-0.2, -0.15) is 5.21 Å². The highest BCUT2D eigenvalue weighted by molar-refractivity contribution is 6.10. The second kappa shape index (κ2) is 3.52. The van der Waals surface area contributed by atoms with E-state index in [9.17, 15) is 4.79 Å². The number of para-hydroxylation sites is 1. The van der Waals surface area contributed by atoms with Crippen LogP contribution in [0.4, 0.5) is 11.6 Å². The third-order valence-electron chi connectivity index (χ3n) is 2.56. The van der Waals surface area contributed by atoms with Crippen LogP contribution in [-0.4, -0.2) is 33.2 Å². The smallest absolute Gasteiger partial charge is 0.274 e. The fourth-order valence-corrected chi connectivity index (χ4v) is 1.77. The largest absolute Gasteiger partial charge is 0.290 e. The van der Waals surface area contributed by atoms with Gasteiger partial charge in [0.1, 0.15) is 6.67 Å². The van der Waals surface area contributed by atoms with E-state index in [0.717, 1.165) is 0 Å². The van der Waals surface area contributed by atoms with Crippen LogP contribution >= 0.6 is 0 Å². The second-order valence-electron chi connectivity index (χ2n) is 3.57. The zero-order valence-electron chi connectivity index (χ0n) is 8.74. The Morgan fingerprint density at radius 2 is 2.18 bits per heavy atom. The summed E-state index contributed by atoms with van der Waals surface area (Å²) in [6.07, 6.45) is 0. The lowest BCUT2D eigenvalue weighted by molar-refractivity contribution is 0.0980. The van der Waals surface area contributed by atoms with Crippen LogP contribution < -0.4 is 15.8 Å². The highest BCUT2D eigenvalue weighted by Gasteiger charge is 2.30. The van der Waals surface area contributed by atoms with Crippen molar-refractivity contribution >= 4 is 17.5 Å². The standard InChI is InChI=1S/C9H9N7O/c10-16-5-15(9-11-13-14-12-9)8(17)6-3-1-2-4-7(6)16/h1-4H,5,10H2,(H,11,12,13,14). The van der Waals surface area contributed by atoms with Crippen molar-refractivity contribution < 1.29 is 4.79 Å². The number of benzene rings is 1. The zero-order valence-corrected chi connectivity index (χ0v) is 8.74. The van der Waals surface area contributed by atoms with Crippen LogP contribution in [0, 0.1) is 0 Å². The third kappa shape index (κ3) is 1.42. The van der Waals surface area contributed by atoms with Crippen molar-refractivity contribution in [3.8, 4) is 0 Å². The first-order valence-corrected chi connectivity index (χ1v) is 4.94. The van der Waals surface area contributed by atoms with Gasteiger partial charge in [0, 0.05) is 0 Å². The van der Waals surface area contributed by atoms with Crippen LogP contribution in [0.2, 0.25) is 0 Å². The molecule has 0 atom stereocenters. The number of aromatic amines is 1. The molecule has 2 aromatic rings. The first kappa shape index (κ1) is 9.73. The monoisotopic (exact) mass is 231 g/mol. The molecule has 8 heteroatoms. The Morgan fingerprint density at radius 3 is 2.94 bits per heavy atom. The maximum absolute atomic E-state index is 12.2. The van der Waals surface area contributed by atoms with E-state index in [1.807, 2.05) is 6.07 Å². The molecular formula is C9H9N7O. The molecular weight excluding hydrogens is 222 g/mol. The molecule has 1 aliphatic rings. The molecule has 0 bridgehead atoms. The van der Waals surface area contributed by atoms with Gasteiger partial charge in [0.05, 0.1) is 11.3 Å². The minimum Gasteiger partial charge on any atom is -0.290 e. The van der Waals surface area contributed by atoms with Gasteiger partial charge in [-0.05, 0) is 17.3 Å². The quantitative estimate of drug-likeness (QED) is 0.641. The molecule has 8 nitrogen and oxygen atoms in total. The molecule has 0 spiro atoms. The molecule has 1 aliphatic heterocycles. The Bertz CT molecular complexity index is 552. The van der Waals surface area contributed by atoms with Crippen molar-refractivity contribution in [2.24, 2.45) is 5.84 Å². The number of aromatic nitrogens is 4. The molecule has 1 aromatic carbocycles. The summed E-state index contributed by atoms with van der Waals surface area (Å²) >= 11 is 0. The number of carbonyl (C=O) groups is 1. The molecule has 0 fully saturated rings. The van der Waals surface area contributed by atoms with Crippen LogP contribution in [-0.2, 0) is 0 Å². The zero-order chi connectivity index (χ0) is 11.8. The summed E-state index contributed by atoms with van der Waals surface area (Å²) < 4.78 is 0. The van der Waals surface area contributed by atoms with Gasteiger partial charge in [0.15, 0.2) is 0 Å². The number of hydrazine groups is 1. The summed E-state index contributed by atoms with van der Waals surface area (Å²) in [6, 6.07) is 7.12. The summed E-state index contributed by atoms with van der Waals surface area (Å²) in [6.45, 7) is 0.190. The third-order valence-corrected chi connectivity index (χ3v) is 2.56. The van der Waals surface area contributed by atoms with E-state index in [2.05, 4.69) is 20.6 Å². The lowest BCUT2D eigenvalue weighted by Gasteiger charge is -2.32. The molecule has 0 unspecified atom stereocenters. The Morgan fingerprint density at radius 1 is 1.35 bits per heavy atom. The molecule has 0 saturated heterocycles. The first-order chi connectivity index (χ1) is 8.27. The number of nitrogens with one attached hydrogen (secondary N) is 1. The second-order valence-corrected chi connectivity index (χ2v) is 3.57. The summed E-state index contributed by atoms with van der Waals surface area (Å²) in [4.78, 5) is 13.5. The van der Waals surface area contributed by atoms with Crippen LogP contribution in [0.5, 0.6) is 0 Å². The van der Waals surface area contributed by atoms with Gasteiger partial charge in [0.2, 0.25) is 0 Å². The minimum atomic E-state index is -0.191. The molecule has 0 radical (unpaired) electrons. The number of rotatable bonds is 1. The number of carbonyl (C=O) groups excluding carboxylic acids is 1. The van der Waals surface area contributed by atoms with E-state index in [-0.39, 0.29) is 18.5 Å². The van der Waals surface area contributed by atoms with E-state index in [1.165, 1.54) is 9.91 Å². The fraction of sp³-hybridized carbons (Fsp3) is 0.111. The van der Waals surface area contributed by atoms with Crippen molar-refractivity contribution in [3.63, 3.8) is 0 Å². The van der Waals surface area contributed by atoms with Gasteiger partial charge >= 0.3 is 0 Å². The molecule has 86 valence electrons. The highest BCUT2D eigenvalue weighted by atomic mass is 16.2. The number of tetrazole rings is 1. The Kier molecular flexibility index (Phi) is 2.02. The van der Waals surface area contributed by atoms with E-state index >= 15 is 0 Å². The summed E-state index contributed by atoms with van der Waals surface area (Å²) in [7, 11) is 0. The summed E-state index contributed by atoms with van der Waals surface area (Å²) in [5.41, 5.74) is 1.21. The Balaban J connectivity index is 2.06. The van der Waals surface area contributed by atoms with Crippen molar-refractivity contribution in [1.82, 2.24) is 20.6 Å². The maximum atomic E-state index is 12.2. The average Bonchev–Trinajstić information content (AvgIpc) is 2.87. The van der Waals surface area contributed by atoms with Gasteiger partial charge in [-0.25, -0.2) is 5.84 Å². The van der Waals surface area contributed by atoms with Crippen molar-refractivity contribution in [2.75, 3.05) is 16.6 Å². The Labute approximate surface area is 96.0 Å². The molecule has 0 saturated carbocycles. The van der Waals surface area contributed by atoms with Crippen LogP contribution in [0.3, 0.4) is 0 Å². The highest BCUT2D eigenvalue weighted by Crippen LogP contribution is 2.26. The number of nitrogens with two attached hydrogens (primary N) is 1. The van der Waals surface area contributed by atoms with Crippen molar-refractivity contribution in [3.05, 3.63) is 29.8 Å². The van der Waals surface area contributed by atoms with Crippen LogP contribution in [0.25, 0.3) is 0 Å². The van der Waals surface area contributed by atoms with E-state index in [1.54, 1.807) is 18.2 Å². The van der Waals surface area contributed by atoms with Gasteiger partial charge in [-0.15, -0.1) is 5.10 Å². The maximum Gasteiger partial charge on any atom is 0.274 e. The van der Waals surface area contributed by atoms with Gasteiger partial charge in [0.25, 0.3) is 11.9 Å². The lowest BCUT2D eigenvalue weighted by atomic mass is 10.1. The number of fused-ring (bicyclic) bond motifs is 1. The number of amides is 1. The molecule has 0 aliphatic carbocycles. The summed E-state index contributed by atoms with van der Waals surface area (Å²) in [5.74, 6) is 5.88. The lowest BCUT2D eigenvalue weighted by Crippen LogP contribution is -2.50. The summed E-state index contributed by atoms with van der Waals surface area (Å²) in [5, 5.41) is 14.7. The minimum absolute atomic E-state index is 0.190. The first-order valence-electron chi connectivity index (χ1n) is 4.94. The van der Waals surface area contributed by atoms with Gasteiger partial charge in [-0.3, -0.25) is 14.7 Å². The average molecular weight is 231 g/mol. The normalized spacial score (nSPS) is 15.0. The predicted octanol–water partition coefficient (Wildman–Crippen LogP) is -0.502. The van der Waals surface area contributed by atoms with Crippen LogP contribution in [0.1, 0.15) is 10.4 Å². The molecule has 1 amide bonds. The molecule has 3 rings (SSSR count). The predicted molar refractivity (Wildman–Crippen MR) is 59.0 cm³/mol. The number of H-pyrrole nitrogens is 1. The van der Waals surface area contributed by atoms with E-state index < -0.39 is 0 Å². The molecule has 2 heterocycles. The van der Waals surface area contributed by atoms with E-state index in [4.69, 9.17) is 5.84 Å². The molecule has 1 aromatic heterocycles. The fourth-order valence-electron chi connectivity index (χ4n) is 1.77. The van der Waals surface area contributed by atoms with Crippen molar-refractivity contribution in [2.45, 2.75) is 0 Å². The van der Waals surface area contributed by atoms with Crippen LogP contribution in [0.15, 0.2) is 24.3 Å².